The molecule has 0 radical (unpaired) electrons. The highest BCUT2D eigenvalue weighted by Crippen LogP contribution is 2.57. The van der Waals surface area contributed by atoms with E-state index in [2.05, 4.69) is 9.98 Å². The van der Waals surface area contributed by atoms with Crippen LogP contribution >= 0.6 is 7.60 Å². The van der Waals surface area contributed by atoms with Gasteiger partial charge < -0.3 is 9.05 Å². The fourth-order valence-electron chi connectivity index (χ4n) is 2.10. The van der Waals surface area contributed by atoms with Crippen LogP contribution < -0.4 is 0 Å². The van der Waals surface area contributed by atoms with Crippen molar-refractivity contribution in [2.75, 3.05) is 13.2 Å². The van der Waals surface area contributed by atoms with Gasteiger partial charge in [0.05, 0.1) is 13.2 Å². The summed E-state index contributed by atoms with van der Waals surface area (Å²) in [6.45, 7) is 6.10. The molecule has 5 nitrogen and oxygen atoms in total. The summed E-state index contributed by atoms with van der Waals surface area (Å²) in [7, 11) is -3.51. The molecule has 0 spiro atoms. The number of aliphatic imine (C=N–C) groups is 1. The molecule has 0 amide bonds. The molecule has 2 aromatic rings. The van der Waals surface area contributed by atoms with E-state index in [-0.39, 0.29) is 18.7 Å². The monoisotopic (exact) mass is 358 g/mol. The standard InChI is InChI=1S/C19H23N2O3P/c1-4-23-25(22,24-5-2)19(13-18-7-6-12-20-14-18)21-15-17-10-8-16(3)9-11-17/h6-15H,4-5H2,1-3H3/b19-13+,21-15+. The minimum Gasteiger partial charge on any atom is -0.304 e. The van der Waals surface area contributed by atoms with E-state index in [4.69, 9.17) is 9.05 Å². The molecular weight excluding hydrogens is 335 g/mol. The van der Waals surface area contributed by atoms with E-state index in [1.807, 2.05) is 37.3 Å². The second-order valence-corrected chi connectivity index (χ2v) is 7.26. The highest BCUT2D eigenvalue weighted by atomic mass is 31.2. The molecule has 25 heavy (non-hydrogen) atoms. The zero-order chi connectivity index (χ0) is 18.1. The van der Waals surface area contributed by atoms with Crippen LogP contribution in [0.4, 0.5) is 0 Å². The average molecular weight is 358 g/mol. The van der Waals surface area contributed by atoms with Crippen molar-refractivity contribution in [1.29, 1.82) is 0 Å². The van der Waals surface area contributed by atoms with Crippen LogP contribution in [0.2, 0.25) is 0 Å². The third-order valence-electron chi connectivity index (χ3n) is 3.28. The van der Waals surface area contributed by atoms with Crippen LogP contribution in [0.3, 0.4) is 0 Å². The summed E-state index contributed by atoms with van der Waals surface area (Å²) in [5, 5.41) is 0. The molecular formula is C19H23N2O3P. The van der Waals surface area contributed by atoms with Crippen molar-refractivity contribution < 1.29 is 13.6 Å². The van der Waals surface area contributed by atoms with Crippen LogP contribution in [0.25, 0.3) is 6.08 Å². The van der Waals surface area contributed by atoms with Gasteiger partial charge in [0.1, 0.15) is 0 Å². The number of nitrogens with zero attached hydrogens (tertiary/aromatic N) is 2. The highest BCUT2D eigenvalue weighted by Gasteiger charge is 2.29. The molecule has 0 aliphatic carbocycles. The number of aryl methyl sites for hydroxylation is 1. The van der Waals surface area contributed by atoms with Crippen molar-refractivity contribution in [1.82, 2.24) is 4.98 Å². The third kappa shape index (κ3) is 5.75. The molecule has 132 valence electrons. The maximum Gasteiger partial charge on any atom is 0.379 e. The summed E-state index contributed by atoms with van der Waals surface area (Å²) in [6.07, 6.45) is 6.69. The summed E-state index contributed by atoms with van der Waals surface area (Å²) in [6, 6.07) is 11.6. The summed E-state index contributed by atoms with van der Waals surface area (Å²) in [4.78, 5) is 8.50. The number of hydrogen-bond acceptors (Lipinski definition) is 5. The van der Waals surface area contributed by atoms with E-state index in [0.717, 1.165) is 16.7 Å². The number of aromatic nitrogens is 1. The van der Waals surface area contributed by atoms with Crippen LogP contribution in [0.5, 0.6) is 0 Å². The predicted octanol–water partition coefficient (Wildman–Crippen LogP) is 5.07. The van der Waals surface area contributed by atoms with Gasteiger partial charge in [-0.15, -0.1) is 0 Å². The lowest BCUT2D eigenvalue weighted by molar-refractivity contribution is 0.226. The number of pyridine rings is 1. The van der Waals surface area contributed by atoms with Crippen LogP contribution in [0, 0.1) is 6.92 Å². The quantitative estimate of drug-likeness (QED) is 0.488. The minimum absolute atomic E-state index is 0.254. The second-order valence-electron chi connectivity index (χ2n) is 5.29. The van der Waals surface area contributed by atoms with Gasteiger partial charge in [-0.05, 0) is 44.0 Å². The molecule has 0 aliphatic rings. The first-order valence-corrected chi connectivity index (χ1v) is 9.74. The van der Waals surface area contributed by atoms with Crippen molar-refractivity contribution >= 4 is 19.9 Å². The third-order valence-corrected chi connectivity index (χ3v) is 5.28. The molecule has 0 N–H and O–H groups in total. The van der Waals surface area contributed by atoms with Gasteiger partial charge in [0.15, 0.2) is 5.44 Å². The Labute approximate surface area is 149 Å². The summed E-state index contributed by atoms with van der Waals surface area (Å²) in [5.74, 6) is 0. The lowest BCUT2D eigenvalue weighted by atomic mass is 10.2. The summed E-state index contributed by atoms with van der Waals surface area (Å²) in [5.41, 5.74) is 3.10. The largest absolute Gasteiger partial charge is 0.379 e. The Bertz CT molecular complexity index is 761. The van der Waals surface area contributed by atoms with Gasteiger partial charge in [0.2, 0.25) is 0 Å². The van der Waals surface area contributed by atoms with Crippen LogP contribution in [0.15, 0.2) is 59.2 Å². The lowest BCUT2D eigenvalue weighted by Gasteiger charge is -2.17. The molecule has 0 atom stereocenters. The van der Waals surface area contributed by atoms with Gasteiger partial charge in [-0.25, -0.2) is 4.99 Å². The normalized spacial score (nSPS) is 12.7. The van der Waals surface area contributed by atoms with Crippen LogP contribution in [-0.4, -0.2) is 24.4 Å². The molecule has 0 bridgehead atoms. The fourth-order valence-corrected chi connectivity index (χ4v) is 3.63. The Balaban J connectivity index is 2.42. The van der Waals surface area contributed by atoms with Crippen molar-refractivity contribution in [2.24, 2.45) is 4.99 Å². The molecule has 2 rings (SSSR count). The Morgan fingerprint density at radius 2 is 1.80 bits per heavy atom. The van der Waals surface area contributed by atoms with Crippen molar-refractivity contribution in [3.8, 4) is 0 Å². The lowest BCUT2D eigenvalue weighted by Crippen LogP contribution is -1.98. The Kier molecular flexibility index (Phi) is 7.26. The van der Waals surface area contributed by atoms with E-state index in [1.165, 1.54) is 0 Å². The molecule has 1 aromatic carbocycles. The maximum atomic E-state index is 13.1. The first-order valence-electron chi connectivity index (χ1n) is 8.19. The molecule has 6 heteroatoms. The van der Waals surface area contributed by atoms with E-state index >= 15 is 0 Å². The Morgan fingerprint density at radius 1 is 1.12 bits per heavy atom. The predicted molar refractivity (Wildman–Crippen MR) is 102 cm³/mol. The number of rotatable bonds is 8. The van der Waals surface area contributed by atoms with Crippen molar-refractivity contribution in [2.45, 2.75) is 20.8 Å². The molecule has 0 unspecified atom stereocenters. The molecule has 1 heterocycles. The topological polar surface area (TPSA) is 60.8 Å². The van der Waals surface area contributed by atoms with E-state index < -0.39 is 7.60 Å². The van der Waals surface area contributed by atoms with Crippen LogP contribution in [-0.2, 0) is 13.6 Å². The maximum absolute atomic E-state index is 13.1. The Morgan fingerprint density at radius 3 is 2.36 bits per heavy atom. The zero-order valence-electron chi connectivity index (χ0n) is 14.8. The SMILES string of the molecule is CCOP(=O)(OCC)C(=C/c1cccnc1)/N=C/c1ccc(C)cc1. The van der Waals surface area contributed by atoms with Gasteiger partial charge in [-0.3, -0.25) is 9.55 Å². The van der Waals surface area contributed by atoms with Gasteiger partial charge in [-0.1, -0.05) is 35.9 Å². The molecule has 0 saturated carbocycles. The highest BCUT2D eigenvalue weighted by molar-refractivity contribution is 7.58. The molecule has 0 saturated heterocycles. The fraction of sp³-hybridized carbons (Fsp3) is 0.263. The van der Waals surface area contributed by atoms with E-state index in [1.54, 1.807) is 44.6 Å². The van der Waals surface area contributed by atoms with Gasteiger partial charge in [-0.2, -0.15) is 0 Å². The molecule has 0 aliphatic heterocycles. The first-order chi connectivity index (χ1) is 12.1. The minimum atomic E-state index is -3.51. The van der Waals surface area contributed by atoms with Crippen LogP contribution in [0.1, 0.15) is 30.5 Å². The summed E-state index contributed by atoms with van der Waals surface area (Å²) < 4.78 is 24.0. The van der Waals surface area contributed by atoms with Gasteiger partial charge in [0, 0.05) is 18.6 Å². The van der Waals surface area contributed by atoms with E-state index in [0.29, 0.717) is 0 Å². The molecule has 1 aromatic heterocycles. The average Bonchev–Trinajstić information content (AvgIpc) is 2.61. The van der Waals surface area contributed by atoms with Crippen molar-refractivity contribution in [3.63, 3.8) is 0 Å². The second kappa shape index (κ2) is 9.42. The van der Waals surface area contributed by atoms with Gasteiger partial charge >= 0.3 is 7.60 Å². The number of hydrogen-bond donors (Lipinski definition) is 0. The van der Waals surface area contributed by atoms with E-state index in [9.17, 15) is 4.57 Å². The summed E-state index contributed by atoms with van der Waals surface area (Å²) >= 11 is 0. The Hall–Kier alpha value is -2.07. The molecule has 0 fully saturated rings. The van der Waals surface area contributed by atoms with Crippen molar-refractivity contribution in [3.05, 3.63) is 70.9 Å². The smallest absolute Gasteiger partial charge is 0.304 e. The zero-order valence-corrected chi connectivity index (χ0v) is 15.6. The van der Waals surface area contributed by atoms with Gasteiger partial charge in [0.25, 0.3) is 0 Å². The number of benzene rings is 1. The first kappa shape index (κ1) is 19.3.